The van der Waals surface area contributed by atoms with E-state index in [0.717, 1.165) is 34.5 Å². The van der Waals surface area contributed by atoms with Crippen molar-refractivity contribution in [1.29, 1.82) is 0 Å². The molecule has 0 amide bonds. The summed E-state index contributed by atoms with van der Waals surface area (Å²) in [5.41, 5.74) is 9.04. The Hall–Kier alpha value is -1.91. The molecule has 2 aromatic rings. The van der Waals surface area contributed by atoms with E-state index in [1.165, 1.54) is 25.7 Å². The van der Waals surface area contributed by atoms with Crippen LogP contribution in [0.2, 0.25) is 0 Å². The fourth-order valence-electron chi connectivity index (χ4n) is 3.11. The molecule has 2 aliphatic carbocycles. The van der Waals surface area contributed by atoms with Crippen molar-refractivity contribution in [2.24, 2.45) is 11.8 Å². The first-order chi connectivity index (χ1) is 9.75. The fraction of sp³-hybridized carbons (Fsp3) is 0.533. The number of benzene rings is 1. The van der Waals surface area contributed by atoms with Gasteiger partial charge >= 0.3 is 0 Å². The molecule has 1 aromatic carbocycles. The van der Waals surface area contributed by atoms with Crippen LogP contribution in [0.15, 0.2) is 18.2 Å². The predicted octanol–water partition coefficient (Wildman–Crippen LogP) is 2.59. The maximum Gasteiger partial charge on any atom is 0.184 e. The van der Waals surface area contributed by atoms with Crippen molar-refractivity contribution in [3.63, 3.8) is 0 Å². The molecule has 2 saturated carbocycles. The standard InChI is InChI=1S/C15H19N5/c1-9-3-2-4-12(13(9)16)15-17-18-19-20(15)14(10-5-6-10)11-7-8-11/h2-4,10-11,14H,5-8,16H2,1H3. The van der Waals surface area contributed by atoms with E-state index in [9.17, 15) is 0 Å². The maximum absolute atomic E-state index is 6.22. The van der Waals surface area contributed by atoms with Gasteiger partial charge in [0.15, 0.2) is 5.82 Å². The first kappa shape index (κ1) is 11.9. The molecule has 0 saturated heterocycles. The van der Waals surface area contributed by atoms with Gasteiger partial charge in [0.1, 0.15) is 0 Å². The van der Waals surface area contributed by atoms with Gasteiger partial charge in [-0.15, -0.1) is 5.10 Å². The van der Waals surface area contributed by atoms with Gasteiger partial charge in [-0.05, 0) is 66.5 Å². The molecule has 4 rings (SSSR count). The number of nitrogen functional groups attached to an aromatic ring is 1. The third-order valence-corrected chi connectivity index (χ3v) is 4.55. The van der Waals surface area contributed by atoms with E-state index < -0.39 is 0 Å². The summed E-state index contributed by atoms with van der Waals surface area (Å²) >= 11 is 0. The van der Waals surface area contributed by atoms with E-state index in [-0.39, 0.29) is 0 Å². The minimum Gasteiger partial charge on any atom is -0.398 e. The third-order valence-electron chi connectivity index (χ3n) is 4.55. The van der Waals surface area contributed by atoms with Crippen molar-refractivity contribution < 1.29 is 0 Å². The van der Waals surface area contributed by atoms with E-state index in [0.29, 0.717) is 6.04 Å². The largest absolute Gasteiger partial charge is 0.398 e. The highest BCUT2D eigenvalue weighted by atomic mass is 15.6. The maximum atomic E-state index is 6.22. The Kier molecular flexibility index (Phi) is 2.55. The van der Waals surface area contributed by atoms with Crippen LogP contribution in [0.4, 0.5) is 5.69 Å². The van der Waals surface area contributed by atoms with Crippen LogP contribution in [-0.2, 0) is 0 Å². The monoisotopic (exact) mass is 269 g/mol. The summed E-state index contributed by atoms with van der Waals surface area (Å²) in [6.45, 7) is 2.02. The number of nitrogens with zero attached hydrogens (tertiary/aromatic N) is 4. The van der Waals surface area contributed by atoms with Crippen molar-refractivity contribution in [1.82, 2.24) is 20.2 Å². The first-order valence-electron chi connectivity index (χ1n) is 7.39. The molecule has 5 heteroatoms. The number of para-hydroxylation sites is 1. The number of tetrazole rings is 1. The van der Waals surface area contributed by atoms with Crippen LogP contribution >= 0.6 is 0 Å². The second kappa shape index (κ2) is 4.30. The van der Waals surface area contributed by atoms with Gasteiger partial charge in [-0.1, -0.05) is 12.1 Å². The number of hydrogen-bond donors (Lipinski definition) is 1. The van der Waals surface area contributed by atoms with Crippen LogP contribution in [0.5, 0.6) is 0 Å². The zero-order valence-corrected chi connectivity index (χ0v) is 11.7. The Labute approximate surface area is 118 Å². The van der Waals surface area contributed by atoms with E-state index >= 15 is 0 Å². The molecule has 2 N–H and O–H groups in total. The predicted molar refractivity (Wildman–Crippen MR) is 76.9 cm³/mol. The van der Waals surface area contributed by atoms with Crippen molar-refractivity contribution in [2.45, 2.75) is 38.6 Å². The summed E-state index contributed by atoms with van der Waals surface area (Å²) in [6, 6.07) is 6.52. The van der Waals surface area contributed by atoms with Crippen LogP contribution in [0, 0.1) is 18.8 Å². The molecule has 2 fully saturated rings. The van der Waals surface area contributed by atoms with Crippen LogP contribution in [-0.4, -0.2) is 20.2 Å². The molecule has 1 heterocycles. The van der Waals surface area contributed by atoms with Crippen LogP contribution < -0.4 is 5.73 Å². The van der Waals surface area contributed by atoms with Crippen molar-refractivity contribution in [3.05, 3.63) is 23.8 Å². The SMILES string of the molecule is Cc1cccc(-c2nnnn2C(C2CC2)C2CC2)c1N. The number of nitrogens with two attached hydrogens (primary N) is 1. The lowest BCUT2D eigenvalue weighted by Crippen LogP contribution is -2.17. The Balaban J connectivity index is 1.79. The van der Waals surface area contributed by atoms with Gasteiger partial charge in [-0.3, -0.25) is 0 Å². The minimum absolute atomic E-state index is 0.472. The van der Waals surface area contributed by atoms with E-state index in [1.807, 2.05) is 29.8 Å². The van der Waals surface area contributed by atoms with Gasteiger partial charge in [0, 0.05) is 11.3 Å². The van der Waals surface area contributed by atoms with Crippen LogP contribution in [0.3, 0.4) is 0 Å². The number of anilines is 1. The molecule has 0 atom stereocenters. The zero-order valence-electron chi connectivity index (χ0n) is 11.7. The van der Waals surface area contributed by atoms with Crippen molar-refractivity contribution in [3.8, 4) is 11.4 Å². The summed E-state index contributed by atoms with van der Waals surface area (Å²) in [5.74, 6) is 2.35. The summed E-state index contributed by atoms with van der Waals surface area (Å²) in [4.78, 5) is 0. The summed E-state index contributed by atoms with van der Waals surface area (Å²) < 4.78 is 2.04. The molecule has 1 aromatic heterocycles. The molecule has 5 nitrogen and oxygen atoms in total. The minimum atomic E-state index is 0.472. The first-order valence-corrected chi connectivity index (χ1v) is 7.39. The lowest BCUT2D eigenvalue weighted by Gasteiger charge is -2.18. The normalized spacial score (nSPS) is 18.7. The van der Waals surface area contributed by atoms with Gasteiger partial charge in [0.2, 0.25) is 0 Å². The molecule has 0 radical (unpaired) electrons. The van der Waals surface area contributed by atoms with Gasteiger partial charge in [0.25, 0.3) is 0 Å². The van der Waals surface area contributed by atoms with Gasteiger partial charge in [0.05, 0.1) is 6.04 Å². The molecule has 2 aliphatic rings. The Morgan fingerprint density at radius 1 is 1.20 bits per heavy atom. The molecular formula is C15H19N5. The number of rotatable bonds is 4. The second-order valence-corrected chi connectivity index (χ2v) is 6.15. The molecule has 0 spiro atoms. The van der Waals surface area contributed by atoms with Gasteiger partial charge in [-0.25, -0.2) is 4.68 Å². The average molecular weight is 269 g/mol. The van der Waals surface area contributed by atoms with Gasteiger partial charge < -0.3 is 5.73 Å². The number of aromatic nitrogens is 4. The highest BCUT2D eigenvalue weighted by Crippen LogP contribution is 2.52. The summed E-state index contributed by atoms with van der Waals surface area (Å²) in [5, 5.41) is 12.5. The molecule has 0 bridgehead atoms. The molecule has 104 valence electrons. The molecule has 0 unspecified atom stereocenters. The summed E-state index contributed by atoms with van der Waals surface area (Å²) in [7, 11) is 0. The molecular weight excluding hydrogens is 250 g/mol. The lowest BCUT2D eigenvalue weighted by atomic mass is 10.1. The lowest BCUT2D eigenvalue weighted by molar-refractivity contribution is 0.357. The fourth-order valence-corrected chi connectivity index (χ4v) is 3.11. The average Bonchev–Trinajstić information content (AvgIpc) is 3.35. The van der Waals surface area contributed by atoms with E-state index in [1.54, 1.807) is 0 Å². The zero-order chi connectivity index (χ0) is 13.7. The second-order valence-electron chi connectivity index (χ2n) is 6.15. The van der Waals surface area contributed by atoms with Crippen molar-refractivity contribution >= 4 is 5.69 Å². The van der Waals surface area contributed by atoms with Crippen molar-refractivity contribution in [2.75, 3.05) is 5.73 Å². The molecule has 20 heavy (non-hydrogen) atoms. The summed E-state index contributed by atoms with van der Waals surface area (Å²) in [6.07, 6.45) is 5.24. The Morgan fingerprint density at radius 2 is 1.90 bits per heavy atom. The third kappa shape index (κ3) is 1.88. The number of aryl methyl sites for hydroxylation is 1. The topological polar surface area (TPSA) is 69.6 Å². The molecule has 0 aliphatic heterocycles. The highest BCUT2D eigenvalue weighted by molar-refractivity contribution is 5.74. The Bertz CT molecular complexity index is 627. The van der Waals surface area contributed by atoms with Gasteiger partial charge in [-0.2, -0.15) is 0 Å². The highest BCUT2D eigenvalue weighted by Gasteiger charge is 2.44. The quantitative estimate of drug-likeness (QED) is 0.866. The van der Waals surface area contributed by atoms with Crippen LogP contribution in [0.1, 0.15) is 37.3 Å². The smallest absolute Gasteiger partial charge is 0.184 e. The number of hydrogen-bond acceptors (Lipinski definition) is 4. The van der Waals surface area contributed by atoms with Crippen LogP contribution in [0.25, 0.3) is 11.4 Å². The Morgan fingerprint density at radius 3 is 2.55 bits per heavy atom. The van der Waals surface area contributed by atoms with E-state index in [2.05, 4.69) is 15.5 Å². The van der Waals surface area contributed by atoms with E-state index in [4.69, 9.17) is 5.73 Å².